The molecule has 0 aliphatic rings. The van der Waals surface area contributed by atoms with E-state index in [1.807, 2.05) is 16.7 Å². The van der Waals surface area contributed by atoms with Crippen LogP contribution in [-0.4, -0.2) is 37.0 Å². The number of carbonyl (C=O) groups excluding carboxylic acids is 1. The summed E-state index contributed by atoms with van der Waals surface area (Å²) in [5, 5.41) is 18.6. The van der Waals surface area contributed by atoms with Crippen LogP contribution in [0.15, 0.2) is 46.9 Å². The highest BCUT2D eigenvalue weighted by molar-refractivity contribution is 7.15. The van der Waals surface area contributed by atoms with Gasteiger partial charge in [0.2, 0.25) is 4.96 Å². The van der Waals surface area contributed by atoms with Crippen molar-refractivity contribution in [2.24, 2.45) is 16.5 Å². The van der Waals surface area contributed by atoms with Crippen molar-refractivity contribution in [3.8, 4) is 11.5 Å². The molecule has 10 nitrogen and oxygen atoms in total. The molecular weight excluding hydrogens is 473 g/mol. The Hall–Kier alpha value is -3.54. The second-order valence-electron chi connectivity index (χ2n) is 6.29. The number of anilines is 1. The fourth-order valence-corrected chi connectivity index (χ4v) is 3.64. The Bertz CT molecular complexity index is 1310. The number of pyridine rings is 1. The van der Waals surface area contributed by atoms with Crippen LogP contribution in [-0.2, 0) is 4.79 Å². The van der Waals surface area contributed by atoms with Crippen molar-refractivity contribution in [1.29, 1.82) is 5.41 Å². The topological polar surface area (TPSA) is 174 Å². The van der Waals surface area contributed by atoms with Crippen LogP contribution in [0.4, 0.5) is 11.4 Å². The van der Waals surface area contributed by atoms with Gasteiger partial charge in [0.15, 0.2) is 17.4 Å². The fraction of sp³-hybridized carbons (Fsp3) is 0.0526. The van der Waals surface area contributed by atoms with Crippen LogP contribution in [0.25, 0.3) is 16.5 Å². The second-order valence-corrected chi connectivity index (χ2v) is 7.94. The first-order valence-corrected chi connectivity index (χ1v) is 10.5. The minimum absolute atomic E-state index is 0.259. The number of hydrogen-bond donors (Lipinski definition) is 4. The monoisotopic (exact) mass is 489 g/mol. The standard InChI is InChI=1S/C13H12N8OS.C6H5Cl2N/c1-6-5-23-13-20-19-12(21(6)13)8-3-2-7(4-17-8)18-10(15)9(14)11(16)22;7-4-2-1-3-5(8)6(4)9/h2-5,14H,1H3,(H2,15,18)(H2,16,22);1-3H,9H2. The first-order valence-electron chi connectivity index (χ1n) is 8.87. The minimum Gasteiger partial charge on any atom is -0.396 e. The highest BCUT2D eigenvalue weighted by Gasteiger charge is 2.13. The molecule has 164 valence electrons. The number of aliphatic imine (C=N–C) groups is 1. The van der Waals surface area contributed by atoms with Gasteiger partial charge in [-0.3, -0.25) is 19.6 Å². The van der Waals surface area contributed by atoms with Gasteiger partial charge < -0.3 is 17.2 Å². The third-order valence-corrected chi connectivity index (χ3v) is 5.64. The second kappa shape index (κ2) is 9.73. The van der Waals surface area contributed by atoms with E-state index in [1.165, 1.54) is 17.5 Å². The van der Waals surface area contributed by atoms with E-state index in [0.29, 0.717) is 32.9 Å². The smallest absolute Gasteiger partial charge is 0.270 e. The Balaban J connectivity index is 0.000000269. The predicted molar refractivity (Wildman–Crippen MR) is 128 cm³/mol. The van der Waals surface area contributed by atoms with Gasteiger partial charge in [-0.1, -0.05) is 29.3 Å². The van der Waals surface area contributed by atoms with Crippen LogP contribution in [0.3, 0.4) is 0 Å². The molecule has 7 N–H and O–H groups in total. The molecular formula is C19H17Cl2N9OS. The quantitative estimate of drug-likeness (QED) is 0.194. The molecule has 0 fully saturated rings. The largest absolute Gasteiger partial charge is 0.396 e. The molecule has 0 saturated heterocycles. The maximum Gasteiger partial charge on any atom is 0.270 e. The number of amidine groups is 1. The van der Waals surface area contributed by atoms with E-state index in [0.717, 1.165) is 10.7 Å². The summed E-state index contributed by atoms with van der Waals surface area (Å²) in [6.07, 6.45) is 1.47. The Morgan fingerprint density at radius 2 is 1.84 bits per heavy atom. The Morgan fingerprint density at radius 3 is 2.41 bits per heavy atom. The van der Waals surface area contributed by atoms with E-state index < -0.39 is 11.6 Å². The number of aryl methyl sites for hydroxylation is 1. The van der Waals surface area contributed by atoms with Crippen LogP contribution < -0.4 is 17.2 Å². The van der Waals surface area contributed by atoms with Crippen molar-refractivity contribution in [1.82, 2.24) is 19.6 Å². The summed E-state index contributed by atoms with van der Waals surface area (Å²) < 4.78 is 1.91. The molecule has 1 amide bonds. The minimum atomic E-state index is -0.936. The number of nitrogens with two attached hydrogens (primary N) is 3. The number of benzene rings is 1. The van der Waals surface area contributed by atoms with E-state index in [1.54, 1.807) is 30.3 Å². The van der Waals surface area contributed by atoms with E-state index in [2.05, 4.69) is 20.2 Å². The molecule has 0 saturated carbocycles. The maximum atomic E-state index is 10.9. The number of fused-ring (bicyclic) bond motifs is 1. The van der Waals surface area contributed by atoms with E-state index in [-0.39, 0.29) is 5.84 Å². The van der Waals surface area contributed by atoms with Gasteiger partial charge in [-0.05, 0) is 31.2 Å². The summed E-state index contributed by atoms with van der Waals surface area (Å²) in [4.78, 5) is 19.9. The average Bonchev–Trinajstić information content (AvgIpc) is 3.35. The number of nitrogens with zero attached hydrogens (tertiary/aromatic N) is 5. The van der Waals surface area contributed by atoms with E-state index >= 15 is 0 Å². The highest BCUT2D eigenvalue weighted by atomic mass is 35.5. The van der Waals surface area contributed by atoms with Crippen molar-refractivity contribution >= 4 is 68.3 Å². The normalized spacial score (nSPS) is 11.2. The Kier molecular flexibility index (Phi) is 7.03. The number of thiazole rings is 1. The molecule has 0 radical (unpaired) electrons. The van der Waals surface area contributed by atoms with Gasteiger partial charge in [-0.25, -0.2) is 4.99 Å². The molecule has 3 heterocycles. The van der Waals surface area contributed by atoms with Gasteiger partial charge in [0.05, 0.1) is 27.6 Å². The lowest BCUT2D eigenvalue weighted by atomic mass is 10.3. The van der Waals surface area contributed by atoms with Crippen molar-refractivity contribution < 1.29 is 4.79 Å². The Morgan fingerprint density at radius 1 is 1.16 bits per heavy atom. The summed E-state index contributed by atoms with van der Waals surface area (Å²) in [6.45, 7) is 1.96. The van der Waals surface area contributed by atoms with E-state index in [9.17, 15) is 4.79 Å². The first-order chi connectivity index (χ1) is 15.2. The third kappa shape index (κ3) is 5.02. The molecule has 0 aliphatic carbocycles. The summed E-state index contributed by atoms with van der Waals surface area (Å²) in [7, 11) is 0. The summed E-state index contributed by atoms with van der Waals surface area (Å²) in [5.74, 6) is -0.563. The van der Waals surface area contributed by atoms with Gasteiger partial charge in [-0.2, -0.15) is 0 Å². The van der Waals surface area contributed by atoms with Gasteiger partial charge in [-0.15, -0.1) is 21.5 Å². The molecule has 0 bridgehead atoms. The number of nitrogen functional groups attached to an aromatic ring is 1. The zero-order valence-electron chi connectivity index (χ0n) is 16.6. The highest BCUT2D eigenvalue weighted by Crippen LogP contribution is 2.26. The SMILES string of the molecule is Cc1csc2nnc(-c3ccc(N=C(N)C(=N)C(N)=O)cn3)n12.Nc1c(Cl)cccc1Cl. The predicted octanol–water partition coefficient (Wildman–Crippen LogP) is 3.23. The average molecular weight is 490 g/mol. The Labute approximate surface area is 196 Å². The number of primary amides is 1. The summed E-state index contributed by atoms with van der Waals surface area (Å²) >= 11 is 12.7. The third-order valence-electron chi connectivity index (χ3n) is 4.05. The number of para-hydroxylation sites is 1. The number of halogens is 2. The molecule has 4 rings (SSSR count). The lowest BCUT2D eigenvalue weighted by Gasteiger charge is -2.01. The van der Waals surface area contributed by atoms with Crippen LogP contribution in [0.2, 0.25) is 10.0 Å². The molecule has 3 aromatic heterocycles. The van der Waals surface area contributed by atoms with Crippen molar-refractivity contribution in [2.45, 2.75) is 6.92 Å². The fourth-order valence-electron chi connectivity index (χ4n) is 2.44. The number of carbonyl (C=O) groups is 1. The van der Waals surface area contributed by atoms with Crippen LogP contribution in [0.5, 0.6) is 0 Å². The van der Waals surface area contributed by atoms with Crippen molar-refractivity contribution in [3.05, 3.63) is 57.6 Å². The lowest BCUT2D eigenvalue weighted by Crippen LogP contribution is -2.34. The summed E-state index contributed by atoms with van der Waals surface area (Å²) in [5.41, 5.74) is 17.9. The molecule has 13 heteroatoms. The van der Waals surface area contributed by atoms with Crippen molar-refractivity contribution in [2.75, 3.05) is 5.73 Å². The number of nitrogens with one attached hydrogen (secondary N) is 1. The zero-order valence-corrected chi connectivity index (χ0v) is 18.9. The first kappa shape index (κ1) is 23.1. The molecule has 4 aromatic rings. The van der Waals surface area contributed by atoms with Crippen LogP contribution >= 0.6 is 34.5 Å². The van der Waals surface area contributed by atoms with Crippen LogP contribution in [0.1, 0.15) is 5.69 Å². The number of hydrogen-bond acceptors (Lipinski definition) is 8. The van der Waals surface area contributed by atoms with Crippen molar-refractivity contribution in [3.63, 3.8) is 0 Å². The molecule has 0 atom stereocenters. The molecule has 0 spiro atoms. The molecule has 0 aliphatic heterocycles. The molecule has 1 aromatic carbocycles. The lowest BCUT2D eigenvalue weighted by molar-refractivity contribution is -0.111. The number of aromatic nitrogens is 4. The van der Waals surface area contributed by atoms with Gasteiger partial charge in [0.1, 0.15) is 5.69 Å². The van der Waals surface area contributed by atoms with Crippen LogP contribution in [0, 0.1) is 12.3 Å². The number of rotatable bonds is 4. The van der Waals surface area contributed by atoms with Gasteiger partial charge in [0, 0.05) is 11.1 Å². The number of amides is 1. The zero-order chi connectivity index (χ0) is 23.4. The van der Waals surface area contributed by atoms with Gasteiger partial charge in [0.25, 0.3) is 5.91 Å². The molecule has 0 unspecified atom stereocenters. The van der Waals surface area contributed by atoms with E-state index in [4.69, 9.17) is 45.8 Å². The van der Waals surface area contributed by atoms with Gasteiger partial charge >= 0.3 is 0 Å². The molecule has 32 heavy (non-hydrogen) atoms. The summed E-state index contributed by atoms with van der Waals surface area (Å²) in [6, 6.07) is 8.52. The maximum absolute atomic E-state index is 10.9.